The van der Waals surface area contributed by atoms with Crippen LogP contribution in [0.5, 0.6) is 0 Å². The maximum atomic E-state index is 12.8. The van der Waals surface area contributed by atoms with Crippen molar-refractivity contribution in [3.05, 3.63) is 65.7 Å². The molecule has 1 N–H and O–H groups in total. The van der Waals surface area contributed by atoms with Crippen molar-refractivity contribution in [3.63, 3.8) is 0 Å². The minimum Gasteiger partial charge on any atom is -0.273 e. The van der Waals surface area contributed by atoms with Crippen molar-refractivity contribution in [1.82, 2.24) is 5.43 Å². The SMILES string of the molecule is O=C(CCSc1ccccc1)N/N=C/c1ccccc1C(F)(F)F. The Bertz CT molecular complexity index is 702. The van der Waals surface area contributed by atoms with Gasteiger partial charge in [0.25, 0.3) is 0 Å². The van der Waals surface area contributed by atoms with E-state index in [0.717, 1.165) is 17.2 Å². The first-order valence-electron chi connectivity index (χ1n) is 7.13. The Morgan fingerprint density at radius 2 is 1.75 bits per heavy atom. The Morgan fingerprint density at radius 3 is 2.46 bits per heavy atom. The molecular formula is C17H15F3N2OS. The summed E-state index contributed by atoms with van der Waals surface area (Å²) in [4.78, 5) is 12.7. The predicted molar refractivity (Wildman–Crippen MR) is 89.0 cm³/mol. The number of nitrogens with one attached hydrogen (secondary N) is 1. The lowest BCUT2D eigenvalue weighted by atomic mass is 10.1. The number of nitrogens with zero attached hydrogens (tertiary/aromatic N) is 1. The summed E-state index contributed by atoms with van der Waals surface area (Å²) in [5.74, 6) is 0.212. The van der Waals surface area contributed by atoms with Crippen LogP contribution in [0.2, 0.25) is 0 Å². The molecule has 0 aliphatic carbocycles. The van der Waals surface area contributed by atoms with E-state index in [1.807, 2.05) is 30.3 Å². The van der Waals surface area contributed by atoms with Crippen LogP contribution in [0.4, 0.5) is 13.2 Å². The molecule has 2 aromatic carbocycles. The molecule has 0 saturated heterocycles. The van der Waals surface area contributed by atoms with Crippen LogP contribution < -0.4 is 5.43 Å². The van der Waals surface area contributed by atoms with Gasteiger partial charge in [0.15, 0.2) is 0 Å². The average molecular weight is 352 g/mol. The van der Waals surface area contributed by atoms with Gasteiger partial charge in [-0.15, -0.1) is 11.8 Å². The van der Waals surface area contributed by atoms with Crippen LogP contribution in [-0.4, -0.2) is 17.9 Å². The largest absolute Gasteiger partial charge is 0.417 e. The standard InChI is InChI=1S/C17H15F3N2OS/c18-17(19,20)15-9-5-4-6-13(15)12-21-22-16(23)10-11-24-14-7-2-1-3-8-14/h1-9,12H,10-11H2,(H,22,23)/b21-12+. The second kappa shape index (κ2) is 8.54. The first-order chi connectivity index (χ1) is 11.5. The lowest BCUT2D eigenvalue weighted by Crippen LogP contribution is -2.18. The molecule has 0 spiro atoms. The Hall–Kier alpha value is -2.28. The van der Waals surface area contributed by atoms with E-state index in [-0.39, 0.29) is 17.9 Å². The molecule has 2 aromatic rings. The van der Waals surface area contributed by atoms with Gasteiger partial charge in [0.05, 0.1) is 11.8 Å². The van der Waals surface area contributed by atoms with Crippen molar-refractivity contribution in [2.75, 3.05) is 5.75 Å². The van der Waals surface area contributed by atoms with Crippen LogP contribution in [0.1, 0.15) is 17.5 Å². The maximum Gasteiger partial charge on any atom is 0.417 e. The number of alkyl halides is 3. The van der Waals surface area contributed by atoms with Crippen LogP contribution in [0.3, 0.4) is 0 Å². The fourth-order valence-corrected chi connectivity index (χ4v) is 2.75. The molecule has 0 unspecified atom stereocenters. The highest BCUT2D eigenvalue weighted by molar-refractivity contribution is 7.99. The molecule has 3 nitrogen and oxygen atoms in total. The third kappa shape index (κ3) is 5.73. The highest BCUT2D eigenvalue weighted by atomic mass is 32.2. The highest BCUT2D eigenvalue weighted by Crippen LogP contribution is 2.31. The molecule has 24 heavy (non-hydrogen) atoms. The molecule has 0 atom stereocenters. The number of hydrazone groups is 1. The van der Waals surface area contributed by atoms with Gasteiger partial charge in [0, 0.05) is 22.6 Å². The number of carbonyl (C=O) groups excluding carboxylic acids is 1. The predicted octanol–water partition coefficient (Wildman–Crippen LogP) is 4.34. The lowest BCUT2D eigenvalue weighted by molar-refractivity contribution is -0.137. The first-order valence-corrected chi connectivity index (χ1v) is 8.11. The van der Waals surface area contributed by atoms with E-state index < -0.39 is 11.7 Å². The second-order valence-corrected chi connectivity index (χ2v) is 5.96. The van der Waals surface area contributed by atoms with E-state index in [9.17, 15) is 18.0 Å². The zero-order chi connectivity index (χ0) is 17.4. The summed E-state index contributed by atoms with van der Waals surface area (Å²) in [6.45, 7) is 0. The molecule has 1 amide bonds. The van der Waals surface area contributed by atoms with Crippen LogP contribution in [-0.2, 0) is 11.0 Å². The normalized spacial score (nSPS) is 11.6. The van der Waals surface area contributed by atoms with Crippen molar-refractivity contribution in [2.24, 2.45) is 5.10 Å². The molecular weight excluding hydrogens is 337 g/mol. The van der Waals surface area contributed by atoms with Gasteiger partial charge in [-0.05, 0) is 18.2 Å². The van der Waals surface area contributed by atoms with Gasteiger partial charge in [-0.3, -0.25) is 4.79 Å². The summed E-state index contributed by atoms with van der Waals surface area (Å²) in [5, 5.41) is 3.61. The lowest BCUT2D eigenvalue weighted by Gasteiger charge is -2.09. The van der Waals surface area contributed by atoms with Gasteiger partial charge in [-0.2, -0.15) is 18.3 Å². The van der Waals surface area contributed by atoms with E-state index in [2.05, 4.69) is 10.5 Å². The van der Waals surface area contributed by atoms with Crippen LogP contribution in [0.25, 0.3) is 0 Å². The molecule has 126 valence electrons. The van der Waals surface area contributed by atoms with Crippen LogP contribution in [0.15, 0.2) is 64.6 Å². The number of hydrogen-bond acceptors (Lipinski definition) is 3. The Balaban J connectivity index is 1.83. The molecule has 0 aliphatic heterocycles. The van der Waals surface area contributed by atoms with Crippen molar-refractivity contribution in [1.29, 1.82) is 0 Å². The maximum absolute atomic E-state index is 12.8. The van der Waals surface area contributed by atoms with Crippen molar-refractivity contribution < 1.29 is 18.0 Å². The summed E-state index contributed by atoms with van der Waals surface area (Å²) >= 11 is 1.52. The smallest absolute Gasteiger partial charge is 0.273 e. The summed E-state index contributed by atoms with van der Waals surface area (Å²) < 4.78 is 38.4. The van der Waals surface area contributed by atoms with Gasteiger partial charge in [-0.1, -0.05) is 36.4 Å². The molecule has 7 heteroatoms. The third-order valence-electron chi connectivity index (χ3n) is 3.00. The average Bonchev–Trinajstić information content (AvgIpc) is 2.55. The Kier molecular flexibility index (Phi) is 6.43. The van der Waals surface area contributed by atoms with Crippen LogP contribution >= 0.6 is 11.8 Å². The minimum atomic E-state index is -4.46. The summed E-state index contributed by atoms with van der Waals surface area (Å²) in [6.07, 6.45) is -3.23. The van der Waals surface area contributed by atoms with Gasteiger partial charge in [-0.25, -0.2) is 5.43 Å². The first kappa shape index (κ1) is 18.1. The van der Waals surface area contributed by atoms with Gasteiger partial charge in [0.2, 0.25) is 5.91 Å². The number of benzene rings is 2. The number of carbonyl (C=O) groups is 1. The minimum absolute atomic E-state index is 0.0936. The monoisotopic (exact) mass is 352 g/mol. The third-order valence-corrected chi connectivity index (χ3v) is 4.01. The summed E-state index contributed by atoms with van der Waals surface area (Å²) in [5.41, 5.74) is 1.36. The molecule has 0 fully saturated rings. The topological polar surface area (TPSA) is 41.5 Å². The van der Waals surface area contributed by atoms with E-state index in [1.165, 1.54) is 30.0 Å². The molecule has 0 saturated carbocycles. The van der Waals surface area contributed by atoms with Crippen molar-refractivity contribution >= 4 is 23.9 Å². The molecule has 0 aliphatic rings. The van der Waals surface area contributed by atoms with Crippen molar-refractivity contribution in [3.8, 4) is 0 Å². The number of thioether (sulfide) groups is 1. The van der Waals surface area contributed by atoms with E-state index in [4.69, 9.17) is 0 Å². The Labute approximate surface area is 142 Å². The van der Waals surface area contributed by atoms with Crippen LogP contribution in [0, 0.1) is 0 Å². The van der Waals surface area contributed by atoms with Gasteiger partial charge >= 0.3 is 6.18 Å². The molecule has 0 radical (unpaired) electrons. The van der Waals surface area contributed by atoms with E-state index >= 15 is 0 Å². The second-order valence-electron chi connectivity index (χ2n) is 4.79. The zero-order valence-electron chi connectivity index (χ0n) is 12.6. The summed E-state index contributed by atoms with van der Waals surface area (Å²) in [7, 11) is 0. The molecule has 0 aromatic heterocycles. The summed E-state index contributed by atoms with van der Waals surface area (Å²) in [6, 6.07) is 14.7. The van der Waals surface area contributed by atoms with E-state index in [1.54, 1.807) is 0 Å². The fraction of sp³-hybridized carbons (Fsp3) is 0.176. The Morgan fingerprint density at radius 1 is 1.08 bits per heavy atom. The molecule has 0 heterocycles. The number of hydrogen-bond donors (Lipinski definition) is 1. The van der Waals surface area contributed by atoms with Gasteiger partial charge in [0.1, 0.15) is 0 Å². The number of amides is 1. The van der Waals surface area contributed by atoms with E-state index in [0.29, 0.717) is 5.75 Å². The highest BCUT2D eigenvalue weighted by Gasteiger charge is 2.32. The number of rotatable bonds is 6. The van der Waals surface area contributed by atoms with Gasteiger partial charge < -0.3 is 0 Å². The molecule has 0 bridgehead atoms. The molecule has 2 rings (SSSR count). The van der Waals surface area contributed by atoms with Crippen molar-refractivity contribution in [2.45, 2.75) is 17.5 Å². The zero-order valence-corrected chi connectivity index (χ0v) is 13.4. The fourth-order valence-electron chi connectivity index (χ4n) is 1.88. The number of halogens is 3. The quantitative estimate of drug-likeness (QED) is 0.477.